The lowest BCUT2D eigenvalue weighted by Gasteiger charge is -2.23. The lowest BCUT2D eigenvalue weighted by atomic mass is 9.98. The van der Waals surface area contributed by atoms with E-state index in [1.165, 1.54) is 19.3 Å². The highest BCUT2D eigenvalue weighted by Gasteiger charge is 2.15. The molecule has 1 aromatic heterocycles. The summed E-state index contributed by atoms with van der Waals surface area (Å²) in [6, 6.07) is 0. The zero-order chi connectivity index (χ0) is 11.2. The van der Waals surface area contributed by atoms with Crippen LogP contribution in [0.25, 0.3) is 0 Å². The summed E-state index contributed by atoms with van der Waals surface area (Å²) in [5.74, 6) is 0. The van der Waals surface area contributed by atoms with Crippen molar-refractivity contribution in [2.24, 2.45) is 0 Å². The van der Waals surface area contributed by atoms with Gasteiger partial charge in [0.15, 0.2) is 0 Å². The molecular formula is C12H20N2O2. The molecule has 0 spiro atoms. The van der Waals surface area contributed by atoms with E-state index in [2.05, 4.69) is 4.98 Å². The van der Waals surface area contributed by atoms with Gasteiger partial charge in [-0.2, -0.15) is 0 Å². The molecule has 4 nitrogen and oxygen atoms in total. The molecular weight excluding hydrogens is 204 g/mol. The third-order valence-electron chi connectivity index (χ3n) is 3.06. The molecule has 90 valence electrons. The summed E-state index contributed by atoms with van der Waals surface area (Å²) in [6.45, 7) is 0.996. The lowest BCUT2D eigenvalue weighted by molar-refractivity contribution is -0.0283. The second-order valence-corrected chi connectivity index (χ2v) is 4.51. The first-order chi connectivity index (χ1) is 7.84. The van der Waals surface area contributed by atoms with Gasteiger partial charge in [-0.25, -0.2) is 4.98 Å². The van der Waals surface area contributed by atoms with Crippen LogP contribution in [0.1, 0.15) is 32.1 Å². The number of ether oxygens (including phenoxy) is 1. The molecule has 1 aliphatic rings. The minimum absolute atomic E-state index is 0.367. The largest absolute Gasteiger partial charge is 0.389 e. The van der Waals surface area contributed by atoms with E-state index in [1.54, 1.807) is 12.5 Å². The number of aromatic nitrogens is 2. The van der Waals surface area contributed by atoms with Crippen LogP contribution in [0.15, 0.2) is 18.7 Å². The third kappa shape index (κ3) is 3.61. The van der Waals surface area contributed by atoms with Crippen LogP contribution >= 0.6 is 0 Å². The summed E-state index contributed by atoms with van der Waals surface area (Å²) in [7, 11) is 0. The van der Waals surface area contributed by atoms with Crippen LogP contribution in [-0.4, -0.2) is 33.5 Å². The van der Waals surface area contributed by atoms with Gasteiger partial charge in [-0.1, -0.05) is 19.3 Å². The molecule has 1 fully saturated rings. The second-order valence-electron chi connectivity index (χ2n) is 4.51. The summed E-state index contributed by atoms with van der Waals surface area (Å²) in [6.07, 6.45) is 11.4. The van der Waals surface area contributed by atoms with Crippen molar-refractivity contribution in [2.45, 2.75) is 50.9 Å². The van der Waals surface area contributed by atoms with Crippen molar-refractivity contribution in [3.8, 4) is 0 Å². The van der Waals surface area contributed by atoms with Crippen LogP contribution in [0.2, 0.25) is 0 Å². The molecule has 1 saturated carbocycles. The van der Waals surface area contributed by atoms with Crippen LogP contribution in [0, 0.1) is 0 Å². The minimum atomic E-state index is -0.434. The Morgan fingerprint density at radius 2 is 2.19 bits per heavy atom. The van der Waals surface area contributed by atoms with E-state index in [4.69, 9.17) is 4.74 Å². The summed E-state index contributed by atoms with van der Waals surface area (Å²) < 4.78 is 7.58. The zero-order valence-corrected chi connectivity index (χ0v) is 9.59. The molecule has 1 atom stereocenters. The Labute approximate surface area is 96.3 Å². The van der Waals surface area contributed by atoms with E-state index < -0.39 is 6.10 Å². The van der Waals surface area contributed by atoms with E-state index in [0.717, 1.165) is 12.8 Å². The van der Waals surface area contributed by atoms with Gasteiger partial charge >= 0.3 is 0 Å². The van der Waals surface area contributed by atoms with Gasteiger partial charge in [-0.05, 0) is 12.8 Å². The van der Waals surface area contributed by atoms with Crippen molar-refractivity contribution in [1.29, 1.82) is 0 Å². The van der Waals surface area contributed by atoms with Gasteiger partial charge in [0.05, 0.1) is 31.7 Å². The molecule has 1 unspecified atom stereocenters. The second kappa shape index (κ2) is 6.01. The first-order valence-electron chi connectivity index (χ1n) is 6.10. The van der Waals surface area contributed by atoms with Gasteiger partial charge in [-0.3, -0.25) is 0 Å². The molecule has 1 aromatic rings. The summed E-state index contributed by atoms with van der Waals surface area (Å²) >= 11 is 0. The predicted molar refractivity (Wildman–Crippen MR) is 61.1 cm³/mol. The van der Waals surface area contributed by atoms with Gasteiger partial charge < -0.3 is 14.4 Å². The highest BCUT2D eigenvalue weighted by atomic mass is 16.5. The highest BCUT2D eigenvalue weighted by molar-refractivity contribution is 4.75. The molecule has 1 aliphatic carbocycles. The zero-order valence-electron chi connectivity index (χ0n) is 9.59. The van der Waals surface area contributed by atoms with Crippen LogP contribution in [-0.2, 0) is 11.3 Å². The van der Waals surface area contributed by atoms with Crippen molar-refractivity contribution in [1.82, 2.24) is 9.55 Å². The number of hydrogen-bond donors (Lipinski definition) is 1. The molecule has 0 bridgehead atoms. The smallest absolute Gasteiger partial charge is 0.0952 e. The average molecular weight is 224 g/mol. The van der Waals surface area contributed by atoms with Crippen molar-refractivity contribution >= 4 is 0 Å². The third-order valence-corrected chi connectivity index (χ3v) is 3.06. The van der Waals surface area contributed by atoms with E-state index in [0.29, 0.717) is 19.3 Å². The maximum atomic E-state index is 9.78. The lowest BCUT2D eigenvalue weighted by Crippen LogP contribution is -2.26. The summed E-state index contributed by atoms with van der Waals surface area (Å²) in [5, 5.41) is 9.78. The SMILES string of the molecule is OC(COC1CCCCC1)Cn1ccnc1. The number of imidazole rings is 1. The van der Waals surface area contributed by atoms with E-state index in [-0.39, 0.29) is 0 Å². The maximum absolute atomic E-state index is 9.78. The fourth-order valence-electron chi connectivity index (χ4n) is 2.17. The predicted octanol–water partition coefficient (Wildman–Crippen LogP) is 1.59. The summed E-state index contributed by atoms with van der Waals surface area (Å²) in [4.78, 5) is 3.94. The van der Waals surface area contributed by atoms with Crippen molar-refractivity contribution in [3.05, 3.63) is 18.7 Å². The molecule has 2 rings (SSSR count). The number of aliphatic hydroxyl groups excluding tert-OH is 1. The molecule has 0 saturated heterocycles. The molecule has 0 radical (unpaired) electrons. The standard InChI is InChI=1S/C12H20N2O2/c15-11(8-14-7-6-13-10-14)9-16-12-4-2-1-3-5-12/h6-7,10-12,15H,1-5,8-9H2. The summed E-state index contributed by atoms with van der Waals surface area (Å²) in [5.41, 5.74) is 0. The monoisotopic (exact) mass is 224 g/mol. The topological polar surface area (TPSA) is 47.3 Å². The fraction of sp³-hybridized carbons (Fsp3) is 0.750. The van der Waals surface area contributed by atoms with E-state index >= 15 is 0 Å². The molecule has 0 aliphatic heterocycles. The molecule has 0 amide bonds. The van der Waals surface area contributed by atoms with Gasteiger partial charge in [-0.15, -0.1) is 0 Å². The molecule has 16 heavy (non-hydrogen) atoms. The number of nitrogens with zero attached hydrogens (tertiary/aromatic N) is 2. The molecule has 4 heteroatoms. The average Bonchev–Trinajstić information content (AvgIpc) is 2.81. The Morgan fingerprint density at radius 1 is 1.38 bits per heavy atom. The van der Waals surface area contributed by atoms with Gasteiger partial charge in [0, 0.05) is 12.4 Å². The van der Waals surface area contributed by atoms with Gasteiger partial charge in [0.25, 0.3) is 0 Å². The molecule has 1 N–H and O–H groups in total. The number of rotatable bonds is 5. The normalized spacial score (nSPS) is 19.8. The first-order valence-corrected chi connectivity index (χ1v) is 6.10. The Bertz CT molecular complexity index is 281. The first kappa shape index (κ1) is 11.6. The van der Waals surface area contributed by atoms with Crippen molar-refractivity contribution in [2.75, 3.05) is 6.61 Å². The van der Waals surface area contributed by atoms with Gasteiger partial charge in [0.2, 0.25) is 0 Å². The number of hydrogen-bond acceptors (Lipinski definition) is 3. The Kier molecular flexibility index (Phi) is 4.36. The Hall–Kier alpha value is -0.870. The van der Waals surface area contributed by atoms with Gasteiger partial charge in [0.1, 0.15) is 0 Å². The molecule has 1 heterocycles. The van der Waals surface area contributed by atoms with Crippen molar-refractivity contribution in [3.63, 3.8) is 0 Å². The minimum Gasteiger partial charge on any atom is -0.389 e. The molecule has 0 aromatic carbocycles. The van der Waals surface area contributed by atoms with E-state index in [1.807, 2.05) is 10.8 Å². The quantitative estimate of drug-likeness (QED) is 0.826. The van der Waals surface area contributed by atoms with E-state index in [9.17, 15) is 5.11 Å². The number of aliphatic hydroxyl groups is 1. The van der Waals surface area contributed by atoms with Crippen LogP contribution in [0.5, 0.6) is 0 Å². The van der Waals surface area contributed by atoms with Crippen LogP contribution < -0.4 is 0 Å². The van der Waals surface area contributed by atoms with Crippen LogP contribution in [0.4, 0.5) is 0 Å². The van der Waals surface area contributed by atoms with Crippen molar-refractivity contribution < 1.29 is 9.84 Å². The van der Waals surface area contributed by atoms with Crippen LogP contribution in [0.3, 0.4) is 0 Å². The highest BCUT2D eigenvalue weighted by Crippen LogP contribution is 2.20. The maximum Gasteiger partial charge on any atom is 0.0952 e. The Balaban J connectivity index is 1.65. The fourth-order valence-corrected chi connectivity index (χ4v) is 2.17. The Morgan fingerprint density at radius 3 is 2.88 bits per heavy atom.